The van der Waals surface area contributed by atoms with Crippen LogP contribution < -0.4 is 5.32 Å². The Hall–Kier alpha value is -0.300. The van der Waals surface area contributed by atoms with Gasteiger partial charge in [0.15, 0.2) is 11.6 Å². The van der Waals surface area contributed by atoms with E-state index in [-0.39, 0.29) is 6.04 Å². The first-order chi connectivity index (χ1) is 9.02. The van der Waals surface area contributed by atoms with Crippen LogP contribution in [-0.4, -0.2) is 6.54 Å². The van der Waals surface area contributed by atoms with Crippen molar-refractivity contribution >= 4 is 43.2 Å². The molecule has 0 amide bonds. The van der Waals surface area contributed by atoms with Crippen LogP contribution in [0.1, 0.15) is 24.1 Å². The molecule has 0 aliphatic carbocycles. The summed E-state index contributed by atoms with van der Waals surface area (Å²) < 4.78 is 28.4. The van der Waals surface area contributed by atoms with E-state index in [0.717, 1.165) is 25.7 Å². The second kappa shape index (κ2) is 6.43. The summed E-state index contributed by atoms with van der Waals surface area (Å²) >= 11 is 8.48. The quantitative estimate of drug-likeness (QED) is 0.725. The second-order valence-corrected chi connectivity index (χ2v) is 7.69. The molecule has 0 saturated heterocycles. The molecule has 102 valence electrons. The average molecular weight is 411 g/mol. The Balaban J connectivity index is 2.44. The molecule has 0 aliphatic heterocycles. The lowest BCUT2D eigenvalue weighted by molar-refractivity contribution is 0.504. The van der Waals surface area contributed by atoms with Gasteiger partial charge in [0.1, 0.15) is 0 Å². The molecule has 2 rings (SSSR count). The lowest BCUT2D eigenvalue weighted by Gasteiger charge is -2.18. The van der Waals surface area contributed by atoms with Crippen LogP contribution in [0.15, 0.2) is 31.8 Å². The van der Waals surface area contributed by atoms with Gasteiger partial charge in [-0.05, 0) is 67.7 Å². The maximum absolute atomic E-state index is 13.4. The van der Waals surface area contributed by atoms with E-state index in [1.807, 2.05) is 13.0 Å². The molecule has 1 atom stereocenters. The first-order valence-electron chi connectivity index (χ1n) is 5.66. The third-order valence-electron chi connectivity index (χ3n) is 2.68. The monoisotopic (exact) mass is 409 g/mol. The van der Waals surface area contributed by atoms with E-state index >= 15 is 0 Å². The lowest BCUT2D eigenvalue weighted by atomic mass is 10.0. The molecule has 1 aromatic carbocycles. The van der Waals surface area contributed by atoms with Crippen molar-refractivity contribution in [3.63, 3.8) is 0 Å². The molecule has 0 aliphatic rings. The molecule has 0 radical (unpaired) electrons. The predicted molar refractivity (Wildman–Crippen MR) is 81.6 cm³/mol. The number of thiophene rings is 1. The number of nitrogens with one attached hydrogen (secondary N) is 1. The summed E-state index contributed by atoms with van der Waals surface area (Å²) in [7, 11) is 0. The summed E-state index contributed by atoms with van der Waals surface area (Å²) in [5.41, 5.74) is 1.71. The normalized spacial score (nSPS) is 12.7. The van der Waals surface area contributed by atoms with Gasteiger partial charge in [-0.3, -0.25) is 0 Å². The van der Waals surface area contributed by atoms with E-state index in [0.29, 0.717) is 5.56 Å². The first-order valence-corrected chi connectivity index (χ1v) is 8.06. The van der Waals surface area contributed by atoms with Crippen molar-refractivity contribution in [2.24, 2.45) is 0 Å². The molecule has 0 bridgehead atoms. The van der Waals surface area contributed by atoms with Crippen molar-refractivity contribution in [3.8, 4) is 0 Å². The van der Waals surface area contributed by atoms with Crippen molar-refractivity contribution in [1.82, 2.24) is 5.32 Å². The maximum Gasteiger partial charge on any atom is 0.159 e. The number of rotatable bonds is 4. The van der Waals surface area contributed by atoms with Gasteiger partial charge >= 0.3 is 0 Å². The second-order valence-electron chi connectivity index (χ2n) is 3.94. The van der Waals surface area contributed by atoms with Gasteiger partial charge in [-0.1, -0.05) is 13.0 Å². The molecule has 0 spiro atoms. The Bertz CT molecular complexity index is 586. The lowest BCUT2D eigenvalue weighted by Crippen LogP contribution is -2.22. The van der Waals surface area contributed by atoms with Crippen LogP contribution in [0.3, 0.4) is 0 Å². The van der Waals surface area contributed by atoms with Crippen LogP contribution in [0.2, 0.25) is 0 Å². The fourth-order valence-electron chi connectivity index (χ4n) is 1.85. The Morgan fingerprint density at radius 1 is 1.21 bits per heavy atom. The van der Waals surface area contributed by atoms with Crippen LogP contribution in [0.25, 0.3) is 0 Å². The van der Waals surface area contributed by atoms with E-state index in [1.54, 1.807) is 17.4 Å². The van der Waals surface area contributed by atoms with Gasteiger partial charge in [-0.15, -0.1) is 11.3 Å². The van der Waals surface area contributed by atoms with Crippen molar-refractivity contribution < 1.29 is 8.78 Å². The Morgan fingerprint density at radius 3 is 2.47 bits per heavy atom. The van der Waals surface area contributed by atoms with Gasteiger partial charge in [-0.25, -0.2) is 8.78 Å². The van der Waals surface area contributed by atoms with Crippen molar-refractivity contribution in [1.29, 1.82) is 0 Å². The minimum Gasteiger partial charge on any atom is -0.306 e. The fraction of sp³-hybridized carbons (Fsp3) is 0.231. The molecule has 2 aromatic rings. The number of halogens is 4. The molecular formula is C13H11Br2F2NS. The molecule has 1 unspecified atom stereocenters. The van der Waals surface area contributed by atoms with Crippen molar-refractivity contribution in [3.05, 3.63) is 54.6 Å². The van der Waals surface area contributed by atoms with Crippen molar-refractivity contribution in [2.75, 3.05) is 6.54 Å². The van der Waals surface area contributed by atoms with E-state index in [2.05, 4.69) is 37.2 Å². The highest BCUT2D eigenvalue weighted by Gasteiger charge is 2.19. The smallest absolute Gasteiger partial charge is 0.159 e. The highest BCUT2D eigenvalue weighted by Crippen LogP contribution is 2.38. The van der Waals surface area contributed by atoms with E-state index in [9.17, 15) is 8.78 Å². The molecule has 6 heteroatoms. The topological polar surface area (TPSA) is 12.0 Å². The van der Waals surface area contributed by atoms with Crippen molar-refractivity contribution in [2.45, 2.75) is 13.0 Å². The standard InChI is InChI=1S/C13H11Br2F2NS/c1-2-18-12(8-6-11(14)19-13(8)15)7-3-4-9(16)10(17)5-7/h3-6,12,18H,2H2,1H3. The number of hydrogen-bond acceptors (Lipinski definition) is 2. The average Bonchev–Trinajstić information content (AvgIpc) is 2.69. The maximum atomic E-state index is 13.4. The van der Waals surface area contributed by atoms with Gasteiger partial charge in [0.05, 0.1) is 13.6 Å². The Labute approximate surface area is 131 Å². The van der Waals surface area contributed by atoms with Crippen LogP contribution in [-0.2, 0) is 0 Å². The van der Waals surface area contributed by atoms with Crippen LogP contribution >= 0.6 is 43.2 Å². The van der Waals surface area contributed by atoms with Crippen LogP contribution in [0.5, 0.6) is 0 Å². The zero-order chi connectivity index (χ0) is 14.0. The molecule has 0 saturated carbocycles. The summed E-state index contributed by atoms with van der Waals surface area (Å²) in [4.78, 5) is 0. The number of benzene rings is 1. The van der Waals surface area contributed by atoms with Crippen LogP contribution in [0, 0.1) is 11.6 Å². The molecule has 1 heterocycles. The fourth-order valence-corrected chi connectivity index (χ4v) is 4.76. The SMILES string of the molecule is CCNC(c1ccc(F)c(F)c1)c1cc(Br)sc1Br. The van der Waals surface area contributed by atoms with Gasteiger partial charge in [-0.2, -0.15) is 0 Å². The van der Waals surface area contributed by atoms with E-state index in [4.69, 9.17) is 0 Å². The van der Waals surface area contributed by atoms with Gasteiger partial charge in [0.2, 0.25) is 0 Å². The highest BCUT2D eigenvalue weighted by atomic mass is 79.9. The summed E-state index contributed by atoms with van der Waals surface area (Å²) in [6.45, 7) is 2.70. The largest absolute Gasteiger partial charge is 0.306 e. The third kappa shape index (κ3) is 3.42. The predicted octanol–water partition coefficient (Wildman–Crippen LogP) is 5.25. The van der Waals surface area contributed by atoms with E-state index < -0.39 is 11.6 Å². The zero-order valence-electron chi connectivity index (χ0n) is 10.0. The summed E-state index contributed by atoms with van der Waals surface area (Å²) in [6, 6.07) is 5.80. The molecule has 1 nitrogen and oxygen atoms in total. The summed E-state index contributed by atoms with van der Waals surface area (Å²) in [5.74, 6) is -1.66. The molecule has 19 heavy (non-hydrogen) atoms. The Morgan fingerprint density at radius 2 is 1.95 bits per heavy atom. The van der Waals surface area contributed by atoms with Crippen LogP contribution in [0.4, 0.5) is 8.78 Å². The number of hydrogen-bond donors (Lipinski definition) is 1. The van der Waals surface area contributed by atoms with Gasteiger partial charge < -0.3 is 5.32 Å². The third-order valence-corrected chi connectivity index (χ3v) is 5.07. The minimum atomic E-state index is -0.829. The highest BCUT2D eigenvalue weighted by molar-refractivity contribution is 9.12. The molecular weight excluding hydrogens is 400 g/mol. The minimum absolute atomic E-state index is 0.169. The van der Waals surface area contributed by atoms with Gasteiger partial charge in [0, 0.05) is 0 Å². The molecule has 0 fully saturated rings. The van der Waals surface area contributed by atoms with Gasteiger partial charge in [0.25, 0.3) is 0 Å². The Kier molecular flexibility index (Phi) is 5.11. The summed E-state index contributed by atoms with van der Waals surface area (Å²) in [5, 5.41) is 3.28. The zero-order valence-corrected chi connectivity index (χ0v) is 14.0. The molecule has 1 aromatic heterocycles. The molecule has 1 N–H and O–H groups in total. The summed E-state index contributed by atoms with van der Waals surface area (Å²) in [6.07, 6.45) is 0. The first kappa shape index (κ1) is 15.1. The van der Waals surface area contributed by atoms with E-state index in [1.165, 1.54) is 6.07 Å².